The molecule has 0 spiro atoms. The second kappa shape index (κ2) is 5.35. The minimum Gasteiger partial charge on any atom is -0.303 e. The van der Waals surface area contributed by atoms with Crippen molar-refractivity contribution >= 4 is 15.9 Å². The highest BCUT2D eigenvalue weighted by atomic mass is 79.9. The zero-order valence-corrected chi connectivity index (χ0v) is 10.7. The molecule has 2 unspecified atom stereocenters. The van der Waals surface area contributed by atoms with Crippen molar-refractivity contribution in [3.8, 4) is 0 Å². The molecule has 0 aromatic heterocycles. The van der Waals surface area contributed by atoms with Crippen LogP contribution in [0.2, 0.25) is 0 Å². The van der Waals surface area contributed by atoms with Crippen LogP contribution in [0.1, 0.15) is 27.2 Å². The number of nitrogens with zero attached hydrogens (tertiary/aromatic N) is 1. The Morgan fingerprint density at radius 1 is 1.38 bits per heavy atom. The summed E-state index contributed by atoms with van der Waals surface area (Å²) in [4.78, 5) is 2.63. The van der Waals surface area contributed by atoms with Gasteiger partial charge in [0.15, 0.2) is 0 Å². The lowest BCUT2D eigenvalue weighted by atomic mass is 9.91. The number of likely N-dealkylation sites (tertiary alicyclic amines) is 1. The lowest BCUT2D eigenvalue weighted by Gasteiger charge is -2.36. The monoisotopic (exact) mass is 247 g/mol. The van der Waals surface area contributed by atoms with Gasteiger partial charge in [-0.3, -0.25) is 0 Å². The normalized spacial score (nSPS) is 31.2. The van der Waals surface area contributed by atoms with Crippen molar-refractivity contribution in [2.75, 3.05) is 25.0 Å². The van der Waals surface area contributed by atoms with Crippen molar-refractivity contribution in [2.45, 2.75) is 27.2 Å². The van der Waals surface area contributed by atoms with E-state index in [9.17, 15) is 0 Å². The van der Waals surface area contributed by atoms with Crippen LogP contribution < -0.4 is 0 Å². The Labute approximate surface area is 91.0 Å². The van der Waals surface area contributed by atoms with Crippen molar-refractivity contribution in [2.24, 2.45) is 17.8 Å². The zero-order chi connectivity index (χ0) is 9.84. The van der Waals surface area contributed by atoms with E-state index in [1.54, 1.807) is 0 Å². The molecule has 1 aliphatic rings. The number of halogens is 1. The van der Waals surface area contributed by atoms with Gasteiger partial charge in [0.1, 0.15) is 0 Å². The van der Waals surface area contributed by atoms with Crippen LogP contribution in [0.25, 0.3) is 0 Å². The van der Waals surface area contributed by atoms with Gasteiger partial charge in [0.2, 0.25) is 0 Å². The lowest BCUT2D eigenvalue weighted by Crippen LogP contribution is -2.41. The summed E-state index contributed by atoms with van der Waals surface area (Å²) in [5.41, 5.74) is 0. The quantitative estimate of drug-likeness (QED) is 0.694. The van der Waals surface area contributed by atoms with Gasteiger partial charge in [-0.1, -0.05) is 36.7 Å². The highest BCUT2D eigenvalue weighted by Gasteiger charge is 2.23. The molecule has 1 fully saturated rings. The molecular weight excluding hydrogens is 226 g/mol. The second-order valence-corrected chi connectivity index (χ2v) is 5.62. The predicted molar refractivity (Wildman–Crippen MR) is 62.3 cm³/mol. The number of hydrogen-bond donors (Lipinski definition) is 0. The molecule has 2 heteroatoms. The number of hydrogen-bond acceptors (Lipinski definition) is 1. The molecule has 1 rings (SSSR count). The SMILES string of the molecule is CC(C)CN1CC(C)CC(CBr)C1. The van der Waals surface area contributed by atoms with Gasteiger partial charge in [0, 0.05) is 25.0 Å². The summed E-state index contributed by atoms with van der Waals surface area (Å²) in [7, 11) is 0. The van der Waals surface area contributed by atoms with Gasteiger partial charge in [-0.25, -0.2) is 0 Å². The van der Waals surface area contributed by atoms with Crippen LogP contribution in [0.5, 0.6) is 0 Å². The fourth-order valence-electron chi connectivity index (χ4n) is 2.38. The van der Waals surface area contributed by atoms with Crippen LogP contribution in [0.15, 0.2) is 0 Å². The van der Waals surface area contributed by atoms with E-state index in [0.717, 1.165) is 17.8 Å². The van der Waals surface area contributed by atoms with E-state index in [2.05, 4.69) is 41.6 Å². The van der Waals surface area contributed by atoms with Gasteiger partial charge < -0.3 is 4.90 Å². The molecule has 0 saturated carbocycles. The van der Waals surface area contributed by atoms with Crippen LogP contribution in [0.3, 0.4) is 0 Å². The molecule has 0 amide bonds. The van der Waals surface area contributed by atoms with E-state index in [0.29, 0.717) is 0 Å². The van der Waals surface area contributed by atoms with Crippen LogP contribution >= 0.6 is 15.9 Å². The Bertz CT molecular complexity index is 145. The Hall–Kier alpha value is 0.440. The van der Waals surface area contributed by atoms with E-state index in [-0.39, 0.29) is 0 Å². The molecule has 1 nitrogen and oxygen atoms in total. The van der Waals surface area contributed by atoms with Crippen molar-refractivity contribution in [1.29, 1.82) is 0 Å². The van der Waals surface area contributed by atoms with E-state index in [1.807, 2.05) is 0 Å². The Morgan fingerprint density at radius 2 is 2.08 bits per heavy atom. The fourth-order valence-corrected chi connectivity index (χ4v) is 2.84. The topological polar surface area (TPSA) is 3.24 Å². The smallest absolute Gasteiger partial charge is 0.00719 e. The van der Waals surface area contributed by atoms with Crippen molar-refractivity contribution in [3.63, 3.8) is 0 Å². The Balaban J connectivity index is 2.37. The summed E-state index contributed by atoms with van der Waals surface area (Å²) in [6.45, 7) is 10.9. The molecule has 1 heterocycles. The van der Waals surface area contributed by atoms with E-state index < -0.39 is 0 Å². The highest BCUT2D eigenvalue weighted by molar-refractivity contribution is 9.09. The van der Waals surface area contributed by atoms with Gasteiger partial charge in [0.05, 0.1) is 0 Å². The molecule has 0 aromatic carbocycles. The first-order valence-electron chi connectivity index (χ1n) is 5.40. The van der Waals surface area contributed by atoms with E-state index >= 15 is 0 Å². The predicted octanol–water partition coefficient (Wildman–Crippen LogP) is 3.00. The van der Waals surface area contributed by atoms with Crippen LogP contribution in [-0.4, -0.2) is 29.9 Å². The lowest BCUT2D eigenvalue weighted by molar-refractivity contribution is 0.130. The molecule has 13 heavy (non-hydrogen) atoms. The molecule has 1 saturated heterocycles. The molecule has 0 bridgehead atoms. The second-order valence-electron chi connectivity index (χ2n) is 4.97. The first-order chi connectivity index (χ1) is 6.11. The molecule has 0 radical (unpaired) electrons. The molecule has 0 aromatic rings. The average molecular weight is 248 g/mol. The standard InChI is InChI=1S/C11H22BrN/c1-9(2)6-13-7-10(3)4-11(5-12)8-13/h9-11H,4-8H2,1-3H3. The van der Waals surface area contributed by atoms with Crippen LogP contribution in [0.4, 0.5) is 0 Å². The third-order valence-electron chi connectivity index (χ3n) is 2.66. The summed E-state index contributed by atoms with van der Waals surface area (Å²) in [6, 6.07) is 0. The van der Waals surface area contributed by atoms with Crippen LogP contribution in [-0.2, 0) is 0 Å². The van der Waals surface area contributed by atoms with Gasteiger partial charge in [0.25, 0.3) is 0 Å². The first kappa shape index (κ1) is 11.5. The molecule has 0 N–H and O–H groups in total. The number of piperidine rings is 1. The van der Waals surface area contributed by atoms with E-state index in [4.69, 9.17) is 0 Å². The van der Waals surface area contributed by atoms with E-state index in [1.165, 1.54) is 31.4 Å². The summed E-state index contributed by atoms with van der Waals surface area (Å²) < 4.78 is 0. The third kappa shape index (κ3) is 3.99. The maximum absolute atomic E-state index is 3.61. The van der Waals surface area contributed by atoms with Gasteiger partial charge in [-0.2, -0.15) is 0 Å². The summed E-state index contributed by atoms with van der Waals surface area (Å²) in [5.74, 6) is 2.57. The zero-order valence-electron chi connectivity index (χ0n) is 9.09. The van der Waals surface area contributed by atoms with Crippen LogP contribution in [0, 0.1) is 17.8 Å². The van der Waals surface area contributed by atoms with Crippen molar-refractivity contribution in [3.05, 3.63) is 0 Å². The molecule has 78 valence electrons. The third-order valence-corrected chi connectivity index (χ3v) is 3.58. The van der Waals surface area contributed by atoms with Gasteiger partial charge in [-0.05, 0) is 24.2 Å². The molecule has 1 aliphatic heterocycles. The summed E-state index contributed by atoms with van der Waals surface area (Å²) in [5, 5.41) is 1.17. The number of rotatable bonds is 3. The Kier molecular flexibility index (Phi) is 4.74. The average Bonchev–Trinajstić information content (AvgIpc) is 2.01. The largest absolute Gasteiger partial charge is 0.303 e. The summed E-state index contributed by atoms with van der Waals surface area (Å²) >= 11 is 3.61. The minimum atomic E-state index is 0.807. The first-order valence-corrected chi connectivity index (χ1v) is 6.52. The summed E-state index contributed by atoms with van der Waals surface area (Å²) in [6.07, 6.45) is 1.40. The molecule has 0 aliphatic carbocycles. The molecule has 2 atom stereocenters. The molecular formula is C11H22BrN. The maximum Gasteiger partial charge on any atom is 0.00719 e. The Morgan fingerprint density at radius 3 is 2.62 bits per heavy atom. The van der Waals surface area contributed by atoms with Crippen molar-refractivity contribution in [1.82, 2.24) is 4.90 Å². The highest BCUT2D eigenvalue weighted by Crippen LogP contribution is 2.23. The van der Waals surface area contributed by atoms with Gasteiger partial charge >= 0.3 is 0 Å². The van der Waals surface area contributed by atoms with Gasteiger partial charge in [-0.15, -0.1) is 0 Å². The van der Waals surface area contributed by atoms with Crippen molar-refractivity contribution < 1.29 is 0 Å². The number of alkyl halides is 1. The fraction of sp³-hybridized carbons (Fsp3) is 1.00. The minimum absolute atomic E-state index is 0.807. The maximum atomic E-state index is 3.61.